The number of rotatable bonds is 5. The van der Waals surface area contributed by atoms with Crippen LogP contribution in [-0.2, 0) is 6.54 Å². The van der Waals surface area contributed by atoms with E-state index in [0.29, 0.717) is 6.61 Å². The van der Waals surface area contributed by atoms with Gasteiger partial charge in [0.05, 0.1) is 6.61 Å². The van der Waals surface area contributed by atoms with Crippen LogP contribution in [0.3, 0.4) is 0 Å². The second-order valence-corrected chi connectivity index (χ2v) is 3.98. The van der Waals surface area contributed by atoms with Gasteiger partial charge in [0.2, 0.25) is 0 Å². The SMILES string of the molecule is CCNCc1ccc(OCC)c2ccccc12. The average Bonchev–Trinajstić information content (AvgIpc) is 2.38. The van der Waals surface area contributed by atoms with Crippen LogP contribution in [0.1, 0.15) is 19.4 Å². The maximum atomic E-state index is 5.66. The lowest BCUT2D eigenvalue weighted by Gasteiger charge is -2.11. The molecular weight excluding hydrogens is 210 g/mol. The standard InChI is InChI=1S/C15H19NO/c1-3-16-11-12-9-10-15(17-4-2)14-8-6-5-7-13(12)14/h5-10,16H,3-4,11H2,1-2H3. The third kappa shape index (κ3) is 2.59. The Morgan fingerprint density at radius 3 is 2.47 bits per heavy atom. The summed E-state index contributed by atoms with van der Waals surface area (Å²) >= 11 is 0. The maximum Gasteiger partial charge on any atom is 0.127 e. The zero-order chi connectivity index (χ0) is 12.1. The van der Waals surface area contributed by atoms with Gasteiger partial charge < -0.3 is 10.1 Å². The van der Waals surface area contributed by atoms with Gasteiger partial charge in [-0.3, -0.25) is 0 Å². The van der Waals surface area contributed by atoms with Crippen LogP contribution in [0.2, 0.25) is 0 Å². The first kappa shape index (κ1) is 11.9. The van der Waals surface area contributed by atoms with Crippen molar-refractivity contribution in [1.82, 2.24) is 5.32 Å². The van der Waals surface area contributed by atoms with Crippen molar-refractivity contribution in [2.24, 2.45) is 0 Å². The highest BCUT2D eigenvalue weighted by Gasteiger charge is 2.05. The van der Waals surface area contributed by atoms with Crippen LogP contribution in [0.15, 0.2) is 36.4 Å². The molecule has 0 aromatic heterocycles. The lowest BCUT2D eigenvalue weighted by atomic mass is 10.0. The number of benzene rings is 2. The molecule has 90 valence electrons. The molecule has 0 spiro atoms. The van der Waals surface area contributed by atoms with Gasteiger partial charge in [-0.2, -0.15) is 0 Å². The van der Waals surface area contributed by atoms with Crippen LogP contribution in [0.25, 0.3) is 10.8 Å². The molecule has 0 atom stereocenters. The van der Waals surface area contributed by atoms with E-state index in [4.69, 9.17) is 4.74 Å². The minimum Gasteiger partial charge on any atom is -0.493 e. The van der Waals surface area contributed by atoms with Gasteiger partial charge in [0.15, 0.2) is 0 Å². The molecule has 2 rings (SSSR count). The minimum absolute atomic E-state index is 0.705. The third-order valence-corrected chi connectivity index (χ3v) is 2.84. The Morgan fingerprint density at radius 2 is 1.76 bits per heavy atom. The number of hydrogen-bond acceptors (Lipinski definition) is 2. The van der Waals surface area contributed by atoms with Crippen LogP contribution in [-0.4, -0.2) is 13.2 Å². The molecule has 17 heavy (non-hydrogen) atoms. The molecule has 2 nitrogen and oxygen atoms in total. The Morgan fingerprint density at radius 1 is 1.00 bits per heavy atom. The molecule has 0 aliphatic heterocycles. The fourth-order valence-electron chi connectivity index (χ4n) is 2.03. The van der Waals surface area contributed by atoms with Gasteiger partial charge >= 0.3 is 0 Å². The van der Waals surface area contributed by atoms with E-state index in [2.05, 4.69) is 48.6 Å². The maximum absolute atomic E-state index is 5.66. The molecule has 0 bridgehead atoms. The van der Waals surface area contributed by atoms with Crippen LogP contribution in [0.5, 0.6) is 5.75 Å². The topological polar surface area (TPSA) is 21.3 Å². The van der Waals surface area contributed by atoms with Gasteiger partial charge in [-0.25, -0.2) is 0 Å². The zero-order valence-corrected chi connectivity index (χ0v) is 10.5. The lowest BCUT2D eigenvalue weighted by Crippen LogP contribution is -2.12. The van der Waals surface area contributed by atoms with Crippen molar-refractivity contribution in [2.75, 3.05) is 13.2 Å². The van der Waals surface area contributed by atoms with Gasteiger partial charge in [0, 0.05) is 11.9 Å². The smallest absolute Gasteiger partial charge is 0.127 e. The molecular formula is C15H19NO. The summed E-state index contributed by atoms with van der Waals surface area (Å²) in [5.41, 5.74) is 1.32. The number of fused-ring (bicyclic) bond motifs is 1. The molecule has 0 aliphatic carbocycles. The monoisotopic (exact) mass is 229 g/mol. The summed E-state index contributed by atoms with van der Waals surface area (Å²) in [6, 6.07) is 12.6. The summed E-state index contributed by atoms with van der Waals surface area (Å²) in [6.45, 7) is 6.74. The van der Waals surface area contributed by atoms with Crippen molar-refractivity contribution < 1.29 is 4.74 Å². The van der Waals surface area contributed by atoms with Gasteiger partial charge in [0.1, 0.15) is 5.75 Å². The van der Waals surface area contributed by atoms with E-state index in [1.54, 1.807) is 0 Å². The molecule has 0 aliphatic rings. The highest BCUT2D eigenvalue weighted by molar-refractivity contribution is 5.91. The summed E-state index contributed by atoms with van der Waals surface area (Å²) in [4.78, 5) is 0. The van der Waals surface area contributed by atoms with Crippen LogP contribution in [0, 0.1) is 0 Å². The number of ether oxygens (including phenoxy) is 1. The Hall–Kier alpha value is -1.54. The number of nitrogens with one attached hydrogen (secondary N) is 1. The van der Waals surface area contributed by atoms with E-state index in [0.717, 1.165) is 18.8 Å². The predicted molar refractivity (Wildman–Crippen MR) is 72.5 cm³/mol. The van der Waals surface area contributed by atoms with E-state index in [-0.39, 0.29) is 0 Å². The van der Waals surface area contributed by atoms with Crippen molar-refractivity contribution >= 4 is 10.8 Å². The Bertz CT molecular complexity index is 493. The van der Waals surface area contributed by atoms with E-state index < -0.39 is 0 Å². The third-order valence-electron chi connectivity index (χ3n) is 2.84. The predicted octanol–water partition coefficient (Wildman–Crippen LogP) is 3.35. The van der Waals surface area contributed by atoms with E-state index >= 15 is 0 Å². The average molecular weight is 229 g/mol. The van der Waals surface area contributed by atoms with E-state index in [1.807, 2.05) is 6.92 Å². The van der Waals surface area contributed by atoms with Gasteiger partial charge in [-0.05, 0) is 30.5 Å². The highest BCUT2D eigenvalue weighted by Crippen LogP contribution is 2.28. The molecule has 0 heterocycles. The molecule has 0 saturated carbocycles. The summed E-state index contributed by atoms with van der Waals surface area (Å²) < 4.78 is 5.66. The van der Waals surface area contributed by atoms with E-state index in [1.165, 1.54) is 16.3 Å². The molecule has 0 saturated heterocycles. The van der Waals surface area contributed by atoms with Crippen LogP contribution < -0.4 is 10.1 Å². The largest absolute Gasteiger partial charge is 0.493 e. The van der Waals surface area contributed by atoms with Crippen LogP contribution in [0.4, 0.5) is 0 Å². The zero-order valence-electron chi connectivity index (χ0n) is 10.5. The fraction of sp³-hybridized carbons (Fsp3) is 0.333. The van der Waals surface area contributed by atoms with Gasteiger partial charge in [-0.1, -0.05) is 37.3 Å². The summed E-state index contributed by atoms with van der Waals surface area (Å²) in [5.74, 6) is 0.975. The first-order valence-electron chi connectivity index (χ1n) is 6.21. The number of hydrogen-bond donors (Lipinski definition) is 1. The van der Waals surface area contributed by atoms with Crippen molar-refractivity contribution in [3.8, 4) is 5.75 Å². The molecule has 0 fully saturated rings. The first-order chi connectivity index (χ1) is 8.36. The Balaban J connectivity index is 2.46. The lowest BCUT2D eigenvalue weighted by molar-refractivity contribution is 0.344. The molecule has 0 unspecified atom stereocenters. The second-order valence-electron chi connectivity index (χ2n) is 3.98. The summed E-state index contributed by atoms with van der Waals surface area (Å²) in [6.07, 6.45) is 0. The van der Waals surface area contributed by atoms with Crippen molar-refractivity contribution in [3.05, 3.63) is 42.0 Å². The quantitative estimate of drug-likeness (QED) is 0.849. The van der Waals surface area contributed by atoms with Crippen molar-refractivity contribution in [1.29, 1.82) is 0 Å². The molecule has 1 N–H and O–H groups in total. The Labute approximate surface area is 103 Å². The molecule has 2 aromatic carbocycles. The Kier molecular flexibility index (Phi) is 3.99. The second kappa shape index (κ2) is 5.69. The van der Waals surface area contributed by atoms with Crippen LogP contribution >= 0.6 is 0 Å². The van der Waals surface area contributed by atoms with Gasteiger partial charge in [-0.15, -0.1) is 0 Å². The minimum atomic E-state index is 0.705. The molecule has 0 radical (unpaired) electrons. The van der Waals surface area contributed by atoms with E-state index in [9.17, 15) is 0 Å². The summed E-state index contributed by atoms with van der Waals surface area (Å²) in [7, 11) is 0. The van der Waals surface area contributed by atoms with Crippen molar-refractivity contribution in [2.45, 2.75) is 20.4 Å². The highest BCUT2D eigenvalue weighted by atomic mass is 16.5. The van der Waals surface area contributed by atoms with Gasteiger partial charge in [0.25, 0.3) is 0 Å². The first-order valence-corrected chi connectivity index (χ1v) is 6.21. The molecule has 0 amide bonds. The normalized spacial score (nSPS) is 10.7. The molecule has 2 heteroatoms. The van der Waals surface area contributed by atoms with Crippen molar-refractivity contribution in [3.63, 3.8) is 0 Å². The summed E-state index contributed by atoms with van der Waals surface area (Å²) in [5, 5.41) is 5.84. The fourth-order valence-corrected chi connectivity index (χ4v) is 2.03. The molecule has 2 aromatic rings.